The Kier molecular flexibility index (Phi) is 11.7. The van der Waals surface area contributed by atoms with Crippen LogP contribution in [0.4, 0.5) is 4.39 Å². The highest BCUT2D eigenvalue weighted by atomic mass is 32.2. The van der Waals surface area contributed by atoms with Gasteiger partial charge in [0.25, 0.3) is 0 Å². The summed E-state index contributed by atoms with van der Waals surface area (Å²) in [5.74, 6) is 1.25. The van der Waals surface area contributed by atoms with E-state index in [1.807, 2.05) is 12.1 Å². The molecule has 4 rings (SSSR count). The number of halogens is 1. The lowest BCUT2D eigenvalue weighted by Gasteiger charge is -2.37. The smallest absolute Gasteiger partial charge is 0.245 e. The molecule has 2 fully saturated rings. The van der Waals surface area contributed by atoms with Gasteiger partial charge in [-0.15, -0.1) is 0 Å². The molecule has 226 valence electrons. The molecule has 1 unspecified atom stereocenters. The maximum atomic E-state index is 13.8. The van der Waals surface area contributed by atoms with Crippen molar-refractivity contribution < 1.29 is 22.3 Å². The molecule has 2 aliphatic rings. The molecule has 0 spiro atoms. The number of rotatable bonds is 13. The minimum atomic E-state index is -3.43. The van der Waals surface area contributed by atoms with Crippen LogP contribution in [-0.2, 0) is 19.6 Å². The molecule has 1 aliphatic heterocycles. The second-order valence-corrected chi connectivity index (χ2v) is 13.8. The van der Waals surface area contributed by atoms with Gasteiger partial charge in [0.1, 0.15) is 12.4 Å². The molecule has 9 heteroatoms. The van der Waals surface area contributed by atoms with E-state index in [2.05, 4.69) is 24.3 Å². The number of benzene rings is 2. The predicted octanol–water partition coefficient (Wildman–Crippen LogP) is 5.25. The fraction of sp³-hybridized carbons (Fsp3) is 0.594. The number of nitrogens with one attached hydrogen (secondary N) is 1. The third-order valence-electron chi connectivity index (χ3n) is 8.82. The van der Waals surface area contributed by atoms with Crippen LogP contribution in [0, 0.1) is 23.6 Å². The molecule has 1 saturated carbocycles. The van der Waals surface area contributed by atoms with Crippen molar-refractivity contribution in [3.8, 4) is 0 Å². The molecule has 2 aromatic rings. The predicted molar refractivity (Wildman–Crippen MR) is 159 cm³/mol. The number of piperidine rings is 1. The van der Waals surface area contributed by atoms with Crippen molar-refractivity contribution >= 4 is 15.9 Å². The topological polar surface area (TPSA) is 79.0 Å². The third-order valence-corrected chi connectivity index (χ3v) is 10.7. The van der Waals surface area contributed by atoms with Crippen molar-refractivity contribution in [1.82, 2.24) is 14.5 Å². The van der Waals surface area contributed by atoms with Crippen molar-refractivity contribution in [3.63, 3.8) is 0 Å². The average molecular weight is 588 g/mol. The van der Waals surface area contributed by atoms with Crippen molar-refractivity contribution in [1.29, 1.82) is 0 Å². The monoisotopic (exact) mass is 587 g/mol. The van der Waals surface area contributed by atoms with Crippen LogP contribution in [0.25, 0.3) is 0 Å². The molecule has 1 aliphatic carbocycles. The zero-order chi connectivity index (χ0) is 29.2. The first-order valence-electron chi connectivity index (χ1n) is 15.1. The Balaban J connectivity index is 1.06. The Morgan fingerprint density at radius 2 is 1.66 bits per heavy atom. The zero-order valence-corrected chi connectivity index (χ0v) is 25.3. The number of hydrogen-bond acceptors (Lipinski definition) is 5. The van der Waals surface area contributed by atoms with Gasteiger partial charge in [0.15, 0.2) is 0 Å². The summed E-state index contributed by atoms with van der Waals surface area (Å²) in [6.07, 6.45) is 7.89. The molecule has 41 heavy (non-hydrogen) atoms. The van der Waals surface area contributed by atoms with Gasteiger partial charge < -0.3 is 15.0 Å². The maximum Gasteiger partial charge on any atom is 0.245 e. The van der Waals surface area contributed by atoms with Gasteiger partial charge in [0.2, 0.25) is 15.9 Å². The first kappa shape index (κ1) is 31.6. The van der Waals surface area contributed by atoms with Gasteiger partial charge in [-0.3, -0.25) is 4.79 Å². The maximum absolute atomic E-state index is 13.8. The van der Waals surface area contributed by atoms with Crippen LogP contribution in [0.2, 0.25) is 0 Å². The van der Waals surface area contributed by atoms with Crippen molar-refractivity contribution in [3.05, 3.63) is 66.0 Å². The lowest BCUT2D eigenvalue weighted by atomic mass is 9.75. The number of nitrogens with zero attached hydrogens (tertiary/aromatic N) is 2. The summed E-state index contributed by atoms with van der Waals surface area (Å²) in [5, 5.41) is 3.00. The van der Waals surface area contributed by atoms with Crippen LogP contribution in [0.1, 0.15) is 63.0 Å². The van der Waals surface area contributed by atoms with Crippen LogP contribution < -0.4 is 5.32 Å². The summed E-state index contributed by atoms with van der Waals surface area (Å²) >= 11 is 0. The number of hydrogen-bond donors (Lipinski definition) is 1. The molecular weight excluding hydrogens is 541 g/mol. The Morgan fingerprint density at radius 3 is 2.32 bits per heavy atom. The Hall–Kier alpha value is -2.33. The SMILES string of the molecule is CN(C)C(c1cccc(F)c1)C1CCC(CCNC(=O)COCCC2CCN(S(=O)(=O)c3ccccc3)CC2)CC1. The highest BCUT2D eigenvalue weighted by Crippen LogP contribution is 2.40. The lowest BCUT2D eigenvalue weighted by Crippen LogP contribution is -2.38. The van der Waals surface area contributed by atoms with Crippen LogP contribution in [0.5, 0.6) is 0 Å². The molecule has 1 saturated heterocycles. The zero-order valence-electron chi connectivity index (χ0n) is 24.5. The fourth-order valence-corrected chi connectivity index (χ4v) is 8.03. The van der Waals surface area contributed by atoms with Crippen LogP contribution in [0.15, 0.2) is 59.5 Å². The second-order valence-electron chi connectivity index (χ2n) is 11.9. The molecular formula is C32H46FN3O4S. The summed E-state index contributed by atoms with van der Waals surface area (Å²) in [4.78, 5) is 14.8. The van der Waals surface area contributed by atoms with E-state index >= 15 is 0 Å². The summed E-state index contributed by atoms with van der Waals surface area (Å²) in [6.45, 7) is 2.26. The first-order valence-corrected chi connectivity index (χ1v) is 16.5. The summed E-state index contributed by atoms with van der Waals surface area (Å²) in [6, 6.07) is 15.8. The minimum Gasteiger partial charge on any atom is -0.372 e. The van der Waals surface area contributed by atoms with Gasteiger partial charge in [-0.2, -0.15) is 4.31 Å². The standard InChI is InChI=1S/C32H46FN3O4S/c1-35(2)32(28-7-6-8-29(33)23-28)27-13-11-25(12-14-27)15-19-34-31(37)24-40-22-18-26-16-20-36(21-17-26)41(38,39)30-9-4-3-5-10-30/h3-10,23,25-27,32H,11-22,24H2,1-2H3,(H,34,37). The normalized spacial score (nSPS) is 21.6. The second kappa shape index (κ2) is 15.2. The molecule has 0 aromatic heterocycles. The average Bonchev–Trinajstić information content (AvgIpc) is 2.97. The molecule has 2 aromatic carbocycles. The van der Waals surface area contributed by atoms with Crippen LogP contribution in [0.3, 0.4) is 0 Å². The summed E-state index contributed by atoms with van der Waals surface area (Å²) in [5.41, 5.74) is 1.05. The van der Waals surface area contributed by atoms with Crippen molar-refractivity contribution in [2.24, 2.45) is 17.8 Å². The summed E-state index contributed by atoms with van der Waals surface area (Å²) < 4.78 is 46.6. The summed E-state index contributed by atoms with van der Waals surface area (Å²) in [7, 11) is 0.715. The molecule has 0 bridgehead atoms. The molecule has 1 N–H and O–H groups in total. The van der Waals surface area contributed by atoms with Gasteiger partial charge in [-0.1, -0.05) is 43.2 Å². The Bertz CT molecular complexity index is 1190. The highest BCUT2D eigenvalue weighted by molar-refractivity contribution is 7.89. The molecule has 0 radical (unpaired) electrons. The van der Waals surface area contributed by atoms with E-state index in [9.17, 15) is 17.6 Å². The quantitative estimate of drug-likeness (QED) is 0.324. The first-order chi connectivity index (χ1) is 19.7. The van der Waals surface area contributed by atoms with Gasteiger partial charge in [0.05, 0.1) is 4.90 Å². The molecule has 1 heterocycles. The van der Waals surface area contributed by atoms with Gasteiger partial charge >= 0.3 is 0 Å². The molecule has 7 nitrogen and oxygen atoms in total. The molecule has 1 amide bonds. The van der Waals surface area contributed by atoms with Crippen molar-refractivity contribution in [2.45, 2.75) is 62.3 Å². The number of sulfonamides is 1. The van der Waals surface area contributed by atoms with E-state index in [1.54, 1.807) is 40.7 Å². The van der Waals surface area contributed by atoms with E-state index < -0.39 is 10.0 Å². The lowest BCUT2D eigenvalue weighted by molar-refractivity contribution is -0.125. The van der Waals surface area contributed by atoms with Gasteiger partial charge in [-0.25, -0.2) is 12.8 Å². The molecule has 1 atom stereocenters. The van der Waals surface area contributed by atoms with Crippen LogP contribution >= 0.6 is 0 Å². The van der Waals surface area contributed by atoms with E-state index in [0.717, 1.165) is 56.9 Å². The third kappa shape index (κ3) is 9.08. The largest absolute Gasteiger partial charge is 0.372 e. The van der Waals surface area contributed by atoms with Crippen LogP contribution in [-0.4, -0.2) is 70.5 Å². The van der Waals surface area contributed by atoms with E-state index in [1.165, 1.54) is 6.07 Å². The Labute approximate surface area is 245 Å². The van der Waals surface area contributed by atoms with E-state index in [4.69, 9.17) is 4.74 Å². The van der Waals surface area contributed by atoms with Gasteiger partial charge in [-0.05, 0) is 100 Å². The Morgan fingerprint density at radius 1 is 0.976 bits per heavy atom. The number of amides is 1. The minimum absolute atomic E-state index is 0.0616. The van der Waals surface area contributed by atoms with Crippen molar-refractivity contribution in [2.75, 3.05) is 46.9 Å². The fourth-order valence-electron chi connectivity index (χ4n) is 6.54. The number of carbonyl (C=O) groups is 1. The van der Waals surface area contributed by atoms with E-state index in [0.29, 0.717) is 48.9 Å². The van der Waals surface area contributed by atoms with Gasteiger partial charge in [0, 0.05) is 32.3 Å². The highest BCUT2D eigenvalue weighted by Gasteiger charge is 2.31. The van der Waals surface area contributed by atoms with E-state index in [-0.39, 0.29) is 24.4 Å². The number of ether oxygens (including phenoxy) is 1. The number of carbonyl (C=O) groups excluding carboxylic acids is 1.